The summed E-state index contributed by atoms with van der Waals surface area (Å²) in [5.41, 5.74) is 2.93. The summed E-state index contributed by atoms with van der Waals surface area (Å²) in [6.07, 6.45) is 9.19. The quantitative estimate of drug-likeness (QED) is 0.657. The Kier molecular flexibility index (Phi) is 5.79. The molecule has 0 amide bonds. The highest BCUT2D eigenvalue weighted by Gasteiger charge is 2.14. The summed E-state index contributed by atoms with van der Waals surface area (Å²) < 4.78 is 0. The Morgan fingerprint density at radius 1 is 1.42 bits per heavy atom. The van der Waals surface area contributed by atoms with Crippen LogP contribution in [0.1, 0.15) is 41.1 Å². The Morgan fingerprint density at radius 2 is 2.11 bits per heavy atom. The molecule has 0 spiro atoms. The van der Waals surface area contributed by atoms with Crippen LogP contribution < -0.4 is 0 Å². The van der Waals surface area contributed by atoms with Gasteiger partial charge in [0.15, 0.2) is 0 Å². The van der Waals surface area contributed by atoms with Gasteiger partial charge < -0.3 is 0 Å². The Bertz CT molecular complexity index is 553. The SMILES string of the molecule is C=C/C=C(\C=C/C(C)CC)c1c(C)sc(C)c1C#N. The standard InChI is InChI=1S/C17H21NS/c1-6-8-15(10-9-12(3)7-2)17-14(5)19-13(4)16(17)11-18/h6,8-10,12H,1,7H2,2-5H3/b10-9-,15-8+. The molecule has 0 aliphatic heterocycles. The predicted molar refractivity (Wildman–Crippen MR) is 85.3 cm³/mol. The summed E-state index contributed by atoms with van der Waals surface area (Å²) in [7, 11) is 0. The number of hydrogen-bond acceptors (Lipinski definition) is 2. The molecule has 0 saturated carbocycles. The van der Waals surface area contributed by atoms with Gasteiger partial charge in [-0.1, -0.05) is 51.2 Å². The van der Waals surface area contributed by atoms with Crippen molar-refractivity contribution in [1.29, 1.82) is 5.26 Å². The van der Waals surface area contributed by atoms with Crippen molar-refractivity contribution < 1.29 is 0 Å². The van der Waals surface area contributed by atoms with Gasteiger partial charge in [0.1, 0.15) is 6.07 Å². The van der Waals surface area contributed by atoms with E-state index in [1.807, 2.05) is 13.0 Å². The number of rotatable bonds is 5. The summed E-state index contributed by atoms with van der Waals surface area (Å²) in [6.45, 7) is 12.2. The van der Waals surface area contributed by atoms with Crippen molar-refractivity contribution in [3.63, 3.8) is 0 Å². The van der Waals surface area contributed by atoms with E-state index in [4.69, 9.17) is 0 Å². The van der Waals surface area contributed by atoms with E-state index in [0.29, 0.717) is 5.92 Å². The van der Waals surface area contributed by atoms with Crippen LogP contribution in [0, 0.1) is 31.1 Å². The molecule has 0 N–H and O–H groups in total. The molecule has 1 atom stereocenters. The van der Waals surface area contributed by atoms with Crippen LogP contribution >= 0.6 is 11.3 Å². The van der Waals surface area contributed by atoms with Gasteiger partial charge in [-0.25, -0.2) is 0 Å². The molecule has 1 nitrogen and oxygen atoms in total. The molecule has 0 fully saturated rings. The maximum absolute atomic E-state index is 9.33. The molecule has 0 aliphatic rings. The van der Waals surface area contributed by atoms with Gasteiger partial charge in [-0.15, -0.1) is 11.3 Å². The van der Waals surface area contributed by atoms with Crippen LogP contribution in [0.3, 0.4) is 0 Å². The number of aryl methyl sites for hydroxylation is 2. The third-order valence-corrected chi connectivity index (χ3v) is 4.23. The maximum atomic E-state index is 9.33. The minimum Gasteiger partial charge on any atom is -0.192 e. The second kappa shape index (κ2) is 7.11. The smallest absolute Gasteiger partial charge is 0.101 e. The van der Waals surface area contributed by atoms with Crippen molar-refractivity contribution in [2.75, 3.05) is 0 Å². The second-order valence-electron chi connectivity index (χ2n) is 4.68. The van der Waals surface area contributed by atoms with Gasteiger partial charge in [-0.3, -0.25) is 0 Å². The van der Waals surface area contributed by atoms with E-state index in [-0.39, 0.29) is 0 Å². The fraction of sp³-hybridized carbons (Fsp3) is 0.353. The lowest BCUT2D eigenvalue weighted by atomic mass is 9.98. The zero-order valence-corrected chi connectivity index (χ0v) is 13.0. The van der Waals surface area contributed by atoms with Crippen molar-refractivity contribution in [2.45, 2.75) is 34.1 Å². The summed E-state index contributed by atoms with van der Waals surface area (Å²) in [5, 5.41) is 9.33. The van der Waals surface area contributed by atoms with Crippen LogP contribution in [-0.4, -0.2) is 0 Å². The lowest BCUT2D eigenvalue weighted by molar-refractivity contribution is 0.698. The zero-order chi connectivity index (χ0) is 14.4. The van der Waals surface area contributed by atoms with Gasteiger partial charge in [-0.2, -0.15) is 5.26 Å². The first-order valence-electron chi connectivity index (χ1n) is 6.56. The first-order chi connectivity index (χ1) is 9.04. The number of thiophene rings is 1. The fourth-order valence-corrected chi connectivity index (χ4v) is 2.95. The van der Waals surface area contributed by atoms with Crippen LogP contribution in [0.25, 0.3) is 5.57 Å². The van der Waals surface area contributed by atoms with Crippen LogP contribution in [0.2, 0.25) is 0 Å². The minimum absolute atomic E-state index is 0.541. The van der Waals surface area contributed by atoms with E-state index < -0.39 is 0 Å². The third-order valence-electron chi connectivity index (χ3n) is 3.21. The lowest BCUT2D eigenvalue weighted by Gasteiger charge is -2.05. The molecule has 0 bridgehead atoms. The largest absolute Gasteiger partial charge is 0.192 e. The minimum atomic E-state index is 0.541. The molecule has 19 heavy (non-hydrogen) atoms. The molecule has 100 valence electrons. The van der Waals surface area contributed by atoms with Crippen molar-refractivity contribution in [2.24, 2.45) is 5.92 Å². The molecule has 0 saturated heterocycles. The molecule has 2 heteroatoms. The van der Waals surface area contributed by atoms with Crippen molar-refractivity contribution in [3.8, 4) is 6.07 Å². The first-order valence-corrected chi connectivity index (χ1v) is 7.38. The molecule has 1 aromatic heterocycles. The Morgan fingerprint density at radius 3 is 2.63 bits per heavy atom. The van der Waals surface area contributed by atoms with Crippen LogP contribution in [0.15, 0.2) is 30.9 Å². The average Bonchev–Trinajstić information content (AvgIpc) is 2.68. The molecular formula is C17H21NS. The molecule has 0 radical (unpaired) electrons. The highest BCUT2D eigenvalue weighted by molar-refractivity contribution is 7.12. The second-order valence-corrected chi connectivity index (χ2v) is 6.11. The van der Waals surface area contributed by atoms with Gasteiger partial charge >= 0.3 is 0 Å². The molecule has 1 heterocycles. The number of allylic oxidation sites excluding steroid dienone is 5. The highest BCUT2D eigenvalue weighted by atomic mass is 32.1. The molecular weight excluding hydrogens is 250 g/mol. The van der Waals surface area contributed by atoms with E-state index >= 15 is 0 Å². The molecule has 0 aliphatic carbocycles. The molecule has 1 rings (SSSR count). The van der Waals surface area contributed by atoms with E-state index in [1.165, 1.54) is 4.88 Å². The van der Waals surface area contributed by atoms with Crippen molar-refractivity contribution in [3.05, 3.63) is 51.8 Å². The van der Waals surface area contributed by atoms with Gasteiger partial charge in [0.05, 0.1) is 5.56 Å². The van der Waals surface area contributed by atoms with Crippen molar-refractivity contribution >= 4 is 16.9 Å². The summed E-state index contributed by atoms with van der Waals surface area (Å²) in [4.78, 5) is 2.28. The van der Waals surface area contributed by atoms with Gasteiger partial charge in [0.2, 0.25) is 0 Å². The van der Waals surface area contributed by atoms with Crippen molar-refractivity contribution in [1.82, 2.24) is 0 Å². The molecule has 1 unspecified atom stereocenters. The predicted octanol–water partition coefficient (Wildman–Crippen LogP) is 5.41. The van der Waals surface area contributed by atoms with Crippen LogP contribution in [0.4, 0.5) is 0 Å². The number of hydrogen-bond donors (Lipinski definition) is 0. The van der Waals surface area contributed by atoms with Crippen LogP contribution in [0.5, 0.6) is 0 Å². The van der Waals surface area contributed by atoms with E-state index in [1.54, 1.807) is 17.4 Å². The lowest BCUT2D eigenvalue weighted by Crippen LogP contribution is -1.89. The summed E-state index contributed by atoms with van der Waals surface area (Å²) in [6, 6.07) is 2.33. The summed E-state index contributed by atoms with van der Waals surface area (Å²) >= 11 is 1.68. The van der Waals surface area contributed by atoms with Gasteiger partial charge in [0, 0.05) is 15.3 Å². The highest BCUT2D eigenvalue weighted by Crippen LogP contribution is 2.33. The monoisotopic (exact) mass is 271 g/mol. The van der Waals surface area contributed by atoms with Gasteiger partial charge in [-0.05, 0) is 25.3 Å². The first kappa shape index (κ1) is 15.5. The number of nitrogens with zero attached hydrogens (tertiary/aromatic N) is 1. The molecule has 1 aromatic rings. The maximum Gasteiger partial charge on any atom is 0.101 e. The fourth-order valence-electron chi connectivity index (χ4n) is 1.92. The Labute approximate surface area is 120 Å². The van der Waals surface area contributed by atoms with Gasteiger partial charge in [0.25, 0.3) is 0 Å². The van der Waals surface area contributed by atoms with E-state index in [0.717, 1.165) is 28.0 Å². The average molecular weight is 271 g/mol. The Balaban J connectivity index is 3.30. The zero-order valence-electron chi connectivity index (χ0n) is 12.2. The van der Waals surface area contributed by atoms with E-state index in [9.17, 15) is 5.26 Å². The summed E-state index contributed by atoms with van der Waals surface area (Å²) in [5.74, 6) is 0.541. The molecule has 0 aromatic carbocycles. The third kappa shape index (κ3) is 3.68. The normalized spacial score (nSPS) is 13.5. The topological polar surface area (TPSA) is 23.8 Å². The van der Waals surface area contributed by atoms with E-state index in [2.05, 4.69) is 45.6 Å². The Hall–Kier alpha value is -1.59. The van der Waals surface area contributed by atoms with Crippen LogP contribution in [-0.2, 0) is 0 Å². The number of nitriles is 1.